The maximum atomic E-state index is 9.65. The summed E-state index contributed by atoms with van der Waals surface area (Å²) in [6, 6.07) is 0. The van der Waals surface area contributed by atoms with E-state index in [1.807, 2.05) is 0 Å². The Morgan fingerprint density at radius 2 is 2.15 bits per heavy atom. The first-order chi connectivity index (χ1) is 6.27. The molecule has 5 atom stereocenters. The summed E-state index contributed by atoms with van der Waals surface area (Å²) in [5.41, 5.74) is 0. The largest absolute Gasteiger partial charge is 0.496 e. The molecule has 0 aromatic carbocycles. The number of hydrogen-bond donors (Lipinski definition) is 1. The van der Waals surface area contributed by atoms with E-state index in [4.69, 9.17) is 9.47 Å². The van der Waals surface area contributed by atoms with Crippen LogP contribution in [0.1, 0.15) is 12.8 Å². The Labute approximate surface area is 78.3 Å². The highest BCUT2D eigenvalue weighted by atomic mass is 16.5. The van der Waals surface area contributed by atoms with Gasteiger partial charge in [-0.15, -0.1) is 0 Å². The third-order valence-corrected chi connectivity index (χ3v) is 3.35. The zero-order valence-electron chi connectivity index (χ0n) is 7.85. The SMILES string of the molecule is C=COC1C2CC(O)C(C2)C1OC. The number of ether oxygens (including phenoxy) is 2. The van der Waals surface area contributed by atoms with Gasteiger partial charge in [0.25, 0.3) is 0 Å². The number of aliphatic hydroxyl groups excluding tert-OH is 1. The summed E-state index contributed by atoms with van der Waals surface area (Å²) >= 11 is 0. The van der Waals surface area contributed by atoms with Crippen molar-refractivity contribution in [3.63, 3.8) is 0 Å². The lowest BCUT2D eigenvalue weighted by atomic mass is 9.92. The van der Waals surface area contributed by atoms with E-state index in [1.165, 1.54) is 6.26 Å². The van der Waals surface area contributed by atoms with Crippen LogP contribution in [-0.4, -0.2) is 30.5 Å². The molecule has 0 aromatic rings. The van der Waals surface area contributed by atoms with Crippen LogP contribution < -0.4 is 0 Å². The van der Waals surface area contributed by atoms with Crippen LogP contribution in [0.2, 0.25) is 0 Å². The molecule has 0 heterocycles. The van der Waals surface area contributed by atoms with E-state index in [0.717, 1.165) is 12.8 Å². The second-order valence-electron chi connectivity index (χ2n) is 3.93. The van der Waals surface area contributed by atoms with Gasteiger partial charge in [-0.1, -0.05) is 6.58 Å². The van der Waals surface area contributed by atoms with Gasteiger partial charge in [0.2, 0.25) is 0 Å². The fourth-order valence-corrected chi connectivity index (χ4v) is 2.83. The Morgan fingerprint density at radius 1 is 1.38 bits per heavy atom. The zero-order chi connectivity index (χ0) is 9.42. The molecule has 2 saturated carbocycles. The summed E-state index contributed by atoms with van der Waals surface area (Å²) in [5, 5.41) is 9.65. The van der Waals surface area contributed by atoms with Gasteiger partial charge in [-0.05, 0) is 12.8 Å². The third kappa shape index (κ3) is 1.27. The summed E-state index contributed by atoms with van der Waals surface area (Å²) in [6.45, 7) is 3.56. The molecule has 0 aromatic heterocycles. The van der Waals surface area contributed by atoms with Gasteiger partial charge in [0.1, 0.15) is 6.10 Å². The Morgan fingerprint density at radius 3 is 2.77 bits per heavy atom. The highest BCUT2D eigenvalue weighted by molar-refractivity contribution is 5.03. The van der Waals surface area contributed by atoms with Crippen LogP contribution in [0, 0.1) is 11.8 Å². The van der Waals surface area contributed by atoms with Gasteiger partial charge in [-0.3, -0.25) is 0 Å². The predicted molar refractivity (Wildman–Crippen MR) is 48.1 cm³/mol. The fraction of sp³-hybridized carbons (Fsp3) is 0.800. The monoisotopic (exact) mass is 184 g/mol. The topological polar surface area (TPSA) is 38.7 Å². The first-order valence-corrected chi connectivity index (χ1v) is 4.75. The Kier molecular flexibility index (Phi) is 2.30. The molecule has 0 aliphatic heterocycles. The highest BCUT2D eigenvalue weighted by Gasteiger charge is 2.53. The second kappa shape index (κ2) is 3.31. The second-order valence-corrected chi connectivity index (χ2v) is 3.93. The van der Waals surface area contributed by atoms with Crippen LogP contribution in [0.15, 0.2) is 12.8 Å². The predicted octanol–water partition coefficient (Wildman–Crippen LogP) is 0.931. The maximum absolute atomic E-state index is 9.65. The molecular formula is C10H16O3. The van der Waals surface area contributed by atoms with E-state index in [2.05, 4.69) is 6.58 Å². The van der Waals surface area contributed by atoms with Gasteiger partial charge < -0.3 is 14.6 Å². The molecule has 1 N–H and O–H groups in total. The van der Waals surface area contributed by atoms with Crippen molar-refractivity contribution in [2.24, 2.45) is 11.8 Å². The molecule has 3 nitrogen and oxygen atoms in total. The molecule has 2 rings (SSSR count). The molecule has 13 heavy (non-hydrogen) atoms. The minimum atomic E-state index is -0.195. The lowest BCUT2D eigenvalue weighted by Crippen LogP contribution is -2.41. The summed E-state index contributed by atoms with van der Waals surface area (Å²) in [6.07, 6.45) is 3.31. The van der Waals surface area contributed by atoms with Gasteiger partial charge >= 0.3 is 0 Å². The van der Waals surface area contributed by atoms with Crippen LogP contribution in [0.3, 0.4) is 0 Å². The molecule has 3 heteroatoms. The van der Waals surface area contributed by atoms with Crippen LogP contribution in [0.5, 0.6) is 0 Å². The molecule has 2 aliphatic carbocycles. The molecule has 2 bridgehead atoms. The van der Waals surface area contributed by atoms with Crippen molar-refractivity contribution >= 4 is 0 Å². The maximum Gasteiger partial charge on any atom is 0.127 e. The van der Waals surface area contributed by atoms with Crippen molar-refractivity contribution in [1.29, 1.82) is 0 Å². The van der Waals surface area contributed by atoms with E-state index in [9.17, 15) is 5.11 Å². The van der Waals surface area contributed by atoms with Gasteiger partial charge in [0.05, 0.1) is 18.5 Å². The highest BCUT2D eigenvalue weighted by Crippen LogP contribution is 2.47. The minimum absolute atomic E-state index is 0.0479. The van der Waals surface area contributed by atoms with Gasteiger partial charge in [0.15, 0.2) is 0 Å². The van der Waals surface area contributed by atoms with Crippen molar-refractivity contribution < 1.29 is 14.6 Å². The van der Waals surface area contributed by atoms with Crippen molar-refractivity contribution in [2.75, 3.05) is 7.11 Å². The van der Waals surface area contributed by atoms with Crippen molar-refractivity contribution in [3.05, 3.63) is 12.8 Å². The lowest BCUT2D eigenvalue weighted by Gasteiger charge is -2.31. The van der Waals surface area contributed by atoms with Crippen LogP contribution >= 0.6 is 0 Å². The molecule has 0 saturated heterocycles. The number of hydrogen-bond acceptors (Lipinski definition) is 3. The average Bonchev–Trinajstić information content (AvgIpc) is 2.62. The van der Waals surface area contributed by atoms with Gasteiger partial charge in [-0.25, -0.2) is 0 Å². The number of methoxy groups -OCH3 is 1. The van der Waals surface area contributed by atoms with E-state index < -0.39 is 0 Å². The molecular weight excluding hydrogens is 168 g/mol. The quantitative estimate of drug-likeness (QED) is 0.663. The third-order valence-electron chi connectivity index (χ3n) is 3.35. The van der Waals surface area contributed by atoms with Crippen molar-refractivity contribution in [2.45, 2.75) is 31.2 Å². The first-order valence-electron chi connectivity index (χ1n) is 4.75. The smallest absolute Gasteiger partial charge is 0.127 e. The number of rotatable bonds is 3. The molecule has 2 fully saturated rings. The summed E-state index contributed by atoms with van der Waals surface area (Å²) in [7, 11) is 1.68. The first kappa shape index (κ1) is 9.03. The zero-order valence-corrected chi connectivity index (χ0v) is 7.85. The van der Waals surface area contributed by atoms with Crippen molar-refractivity contribution in [3.8, 4) is 0 Å². The van der Waals surface area contributed by atoms with Gasteiger partial charge in [0, 0.05) is 18.9 Å². The molecule has 0 spiro atoms. The van der Waals surface area contributed by atoms with E-state index in [1.54, 1.807) is 7.11 Å². The fourth-order valence-electron chi connectivity index (χ4n) is 2.83. The number of fused-ring (bicyclic) bond motifs is 2. The molecule has 2 aliphatic rings. The Balaban J connectivity index is 2.09. The normalized spacial score (nSPS) is 48.0. The standard InChI is InChI=1S/C10H16O3/c1-3-13-9-6-4-7(8(11)5-6)10(9)12-2/h3,6-11H,1,4-5H2,2H3. The Bertz CT molecular complexity index is 204. The summed E-state index contributed by atoms with van der Waals surface area (Å²) < 4.78 is 10.8. The lowest BCUT2D eigenvalue weighted by molar-refractivity contribution is -0.0832. The molecule has 5 unspecified atom stereocenters. The van der Waals surface area contributed by atoms with Crippen LogP contribution in [0.4, 0.5) is 0 Å². The Hall–Kier alpha value is -0.540. The molecule has 0 amide bonds. The minimum Gasteiger partial charge on any atom is -0.496 e. The summed E-state index contributed by atoms with van der Waals surface area (Å²) in [4.78, 5) is 0. The van der Waals surface area contributed by atoms with Crippen LogP contribution in [0.25, 0.3) is 0 Å². The number of aliphatic hydroxyl groups is 1. The van der Waals surface area contributed by atoms with E-state index in [-0.39, 0.29) is 24.2 Å². The van der Waals surface area contributed by atoms with E-state index in [0.29, 0.717) is 5.92 Å². The van der Waals surface area contributed by atoms with Gasteiger partial charge in [-0.2, -0.15) is 0 Å². The van der Waals surface area contributed by atoms with Crippen LogP contribution in [-0.2, 0) is 9.47 Å². The summed E-state index contributed by atoms with van der Waals surface area (Å²) in [5.74, 6) is 0.711. The average molecular weight is 184 g/mol. The molecule has 74 valence electrons. The van der Waals surface area contributed by atoms with E-state index >= 15 is 0 Å². The molecule has 0 radical (unpaired) electrons. The van der Waals surface area contributed by atoms with Crippen molar-refractivity contribution in [1.82, 2.24) is 0 Å².